The molecule has 3 N–H and O–H groups in total. The van der Waals surface area contributed by atoms with E-state index in [1.165, 1.54) is 37.7 Å². The molecule has 51 heavy (non-hydrogen) atoms. The summed E-state index contributed by atoms with van der Waals surface area (Å²) in [6.45, 7) is 21.3. The molecule has 5 fully saturated rings. The number of fused-ring (bicyclic) bond motifs is 7. The van der Waals surface area contributed by atoms with E-state index in [2.05, 4.69) is 53.8 Å². The molecule has 9 atom stereocenters. The van der Waals surface area contributed by atoms with Crippen molar-refractivity contribution >= 4 is 17.7 Å². The van der Waals surface area contributed by atoms with Gasteiger partial charge in [0.05, 0.1) is 17.9 Å². The molecular weight excluding hydrogens is 638 g/mol. The SMILES string of the molecule is CC(C)C1=C2[C@H]3CC[C@@H]4[C@@]5(C)CC[C@H](OC(=O)CC(C)(C)C(=O)O)C(C)(C)[C@@H]5CC[C@@]4(C)[C@]3(C)CCC2(C(O)CNCC2CCCCC2)CC1=O. The van der Waals surface area contributed by atoms with Gasteiger partial charge in [0.2, 0.25) is 0 Å². The first-order valence-corrected chi connectivity index (χ1v) is 20.8. The normalized spacial score (nSPS) is 40.3. The lowest BCUT2D eigenvalue weighted by Crippen LogP contribution is -2.66. The maximum Gasteiger partial charge on any atom is 0.309 e. The fourth-order valence-electron chi connectivity index (χ4n) is 13.9. The first-order valence-electron chi connectivity index (χ1n) is 20.8. The van der Waals surface area contributed by atoms with Gasteiger partial charge < -0.3 is 20.3 Å². The van der Waals surface area contributed by atoms with Gasteiger partial charge in [0, 0.05) is 23.8 Å². The third-order valence-corrected chi connectivity index (χ3v) is 17.0. The zero-order valence-corrected chi connectivity index (χ0v) is 33.6. The van der Waals surface area contributed by atoms with Crippen LogP contribution in [0.25, 0.3) is 0 Å². The molecule has 6 aliphatic carbocycles. The highest BCUT2D eigenvalue weighted by Gasteiger charge is 2.70. The van der Waals surface area contributed by atoms with Crippen molar-refractivity contribution in [3.8, 4) is 0 Å². The number of ether oxygens (including phenoxy) is 1. The minimum absolute atomic E-state index is 0.0264. The van der Waals surface area contributed by atoms with Gasteiger partial charge in [-0.05, 0) is 136 Å². The summed E-state index contributed by atoms with van der Waals surface area (Å²) < 4.78 is 6.17. The average Bonchev–Trinajstić information content (AvgIpc) is 3.36. The van der Waals surface area contributed by atoms with Crippen molar-refractivity contribution in [3.05, 3.63) is 11.1 Å². The number of carbonyl (C=O) groups excluding carboxylic acids is 2. The predicted octanol–water partition coefficient (Wildman–Crippen LogP) is 8.91. The molecule has 0 aromatic rings. The van der Waals surface area contributed by atoms with Crippen LogP contribution in [-0.4, -0.2) is 53.2 Å². The van der Waals surface area contributed by atoms with E-state index >= 15 is 0 Å². The van der Waals surface area contributed by atoms with Gasteiger partial charge in [-0.25, -0.2) is 0 Å². The second kappa shape index (κ2) is 13.5. The standard InChI is InChI=1S/C44H71NO6/c1-27(2)36-30(46)23-44(33(47)26-45-25-28-13-11-10-12-14-28)22-21-42(8)29(37(36)44)15-16-32-41(7)19-18-34(51-35(48)24-39(3,4)38(49)50)40(5,6)31(41)17-20-43(32,42)9/h27-29,31-34,45,47H,10-26H2,1-9H3,(H,49,50)/t29-,31+,32-,33?,34+,41+,42-,43-,44?/m1/s1. The summed E-state index contributed by atoms with van der Waals surface area (Å²) in [5.41, 5.74) is 0.747. The Morgan fingerprint density at radius 2 is 1.57 bits per heavy atom. The fourth-order valence-corrected chi connectivity index (χ4v) is 13.9. The van der Waals surface area contributed by atoms with Crippen molar-refractivity contribution in [2.75, 3.05) is 13.1 Å². The van der Waals surface area contributed by atoms with Gasteiger partial charge in [-0.2, -0.15) is 0 Å². The first kappa shape index (κ1) is 39.0. The molecule has 6 rings (SSSR count). The van der Waals surface area contributed by atoms with E-state index in [1.54, 1.807) is 13.8 Å². The van der Waals surface area contributed by atoms with Crippen LogP contribution in [-0.2, 0) is 19.1 Å². The third-order valence-electron chi connectivity index (χ3n) is 17.0. The number of aliphatic hydroxyl groups excluding tert-OH is 1. The van der Waals surface area contributed by atoms with Crippen molar-refractivity contribution in [2.24, 2.45) is 62.1 Å². The molecule has 0 amide bonds. The number of allylic oxidation sites excluding steroid dienone is 1. The second-order valence-electron chi connectivity index (χ2n) is 20.7. The molecule has 7 nitrogen and oxygen atoms in total. The number of carbonyl (C=O) groups is 3. The van der Waals surface area contributed by atoms with Gasteiger partial charge >= 0.3 is 11.9 Å². The maximum absolute atomic E-state index is 14.0. The summed E-state index contributed by atoms with van der Waals surface area (Å²) in [6, 6.07) is 0. The average molecular weight is 710 g/mol. The Kier molecular flexibility index (Phi) is 10.3. The van der Waals surface area contributed by atoms with Crippen molar-refractivity contribution in [1.29, 1.82) is 0 Å². The Bertz CT molecular complexity index is 1410. The second-order valence-corrected chi connectivity index (χ2v) is 20.7. The molecule has 5 saturated carbocycles. The quantitative estimate of drug-likeness (QED) is 0.194. The summed E-state index contributed by atoms with van der Waals surface area (Å²) >= 11 is 0. The number of carboxylic acid groups (broad SMARTS) is 1. The van der Waals surface area contributed by atoms with Crippen molar-refractivity contribution in [1.82, 2.24) is 5.32 Å². The van der Waals surface area contributed by atoms with Crippen molar-refractivity contribution in [3.63, 3.8) is 0 Å². The zero-order chi connectivity index (χ0) is 37.4. The van der Waals surface area contributed by atoms with Crippen LogP contribution in [0.15, 0.2) is 11.1 Å². The van der Waals surface area contributed by atoms with Crippen LogP contribution in [0, 0.1) is 62.1 Å². The molecule has 6 aliphatic rings. The van der Waals surface area contributed by atoms with Gasteiger partial charge in [0.1, 0.15) is 6.10 Å². The molecule has 7 heteroatoms. The summed E-state index contributed by atoms with van der Waals surface area (Å²) in [6.07, 6.45) is 14.2. The minimum Gasteiger partial charge on any atom is -0.481 e. The minimum atomic E-state index is -1.15. The monoisotopic (exact) mass is 710 g/mol. The van der Waals surface area contributed by atoms with Gasteiger partial charge in [-0.15, -0.1) is 0 Å². The molecule has 0 aromatic carbocycles. The summed E-state index contributed by atoms with van der Waals surface area (Å²) in [5.74, 6) is 0.944. The number of hydrogen-bond acceptors (Lipinski definition) is 6. The van der Waals surface area contributed by atoms with Crippen molar-refractivity contribution in [2.45, 2.75) is 171 Å². The van der Waals surface area contributed by atoms with E-state index in [0.717, 1.165) is 63.5 Å². The van der Waals surface area contributed by atoms with Gasteiger partial charge in [0.25, 0.3) is 0 Å². The van der Waals surface area contributed by atoms with Crippen LogP contribution < -0.4 is 5.32 Å². The van der Waals surface area contributed by atoms with E-state index in [-0.39, 0.29) is 45.9 Å². The Labute approximate surface area is 308 Å². The smallest absolute Gasteiger partial charge is 0.309 e. The van der Waals surface area contributed by atoms with E-state index in [0.29, 0.717) is 36.6 Å². The number of esters is 1. The number of nitrogens with one attached hydrogen (secondary N) is 1. The van der Waals surface area contributed by atoms with Crippen LogP contribution >= 0.6 is 0 Å². The third kappa shape index (κ3) is 6.18. The summed E-state index contributed by atoms with van der Waals surface area (Å²) in [7, 11) is 0. The van der Waals surface area contributed by atoms with Crippen LogP contribution in [0.5, 0.6) is 0 Å². The highest BCUT2D eigenvalue weighted by atomic mass is 16.5. The van der Waals surface area contributed by atoms with E-state index < -0.39 is 28.9 Å². The zero-order valence-electron chi connectivity index (χ0n) is 33.6. The molecular formula is C44H71NO6. The molecule has 0 radical (unpaired) electrons. The molecule has 2 unspecified atom stereocenters. The summed E-state index contributed by atoms with van der Waals surface area (Å²) in [5, 5.41) is 25.5. The molecule has 0 spiro atoms. The molecule has 0 bridgehead atoms. The van der Waals surface area contributed by atoms with Crippen LogP contribution in [0.3, 0.4) is 0 Å². The Morgan fingerprint density at radius 1 is 0.882 bits per heavy atom. The van der Waals surface area contributed by atoms with Crippen LogP contribution in [0.2, 0.25) is 0 Å². The van der Waals surface area contributed by atoms with E-state index in [9.17, 15) is 24.6 Å². The summed E-state index contributed by atoms with van der Waals surface area (Å²) in [4.78, 5) is 38.9. The Hall–Kier alpha value is -1.73. The maximum atomic E-state index is 14.0. The molecule has 0 saturated heterocycles. The lowest BCUT2D eigenvalue weighted by atomic mass is 9.33. The highest BCUT2D eigenvalue weighted by molar-refractivity contribution is 6.00. The fraction of sp³-hybridized carbons (Fsp3) is 0.886. The molecule has 0 heterocycles. The number of aliphatic carboxylic acids is 1. The number of Topliss-reactive ketones (excluding diaryl/α,β-unsaturated/α-hetero) is 1. The van der Waals surface area contributed by atoms with Crippen molar-refractivity contribution < 1.29 is 29.3 Å². The van der Waals surface area contributed by atoms with E-state index in [1.807, 2.05) is 0 Å². The lowest BCUT2D eigenvalue weighted by molar-refractivity contribution is -0.235. The number of rotatable bonds is 10. The Morgan fingerprint density at radius 3 is 2.22 bits per heavy atom. The molecule has 288 valence electrons. The van der Waals surface area contributed by atoms with Gasteiger partial charge in [0.15, 0.2) is 5.78 Å². The largest absolute Gasteiger partial charge is 0.481 e. The number of hydrogen-bond donors (Lipinski definition) is 3. The van der Waals surface area contributed by atoms with Crippen LogP contribution in [0.4, 0.5) is 0 Å². The van der Waals surface area contributed by atoms with Gasteiger partial charge in [-0.3, -0.25) is 14.4 Å². The highest BCUT2D eigenvalue weighted by Crippen LogP contribution is 2.77. The number of carboxylic acids is 1. The number of ketones is 1. The van der Waals surface area contributed by atoms with Crippen LogP contribution in [0.1, 0.15) is 159 Å². The number of aliphatic hydroxyl groups is 1. The topological polar surface area (TPSA) is 113 Å². The van der Waals surface area contributed by atoms with E-state index in [4.69, 9.17) is 4.74 Å². The Balaban J connectivity index is 1.25. The first-order chi connectivity index (χ1) is 23.7. The molecule has 0 aliphatic heterocycles. The predicted molar refractivity (Wildman–Crippen MR) is 201 cm³/mol. The lowest BCUT2D eigenvalue weighted by Gasteiger charge is -2.72. The molecule has 0 aromatic heterocycles. The van der Waals surface area contributed by atoms with Gasteiger partial charge in [-0.1, -0.05) is 73.3 Å².